The minimum atomic E-state index is 0.258. The molecule has 0 aromatic heterocycles. The van der Waals surface area contributed by atoms with E-state index in [0.717, 1.165) is 19.5 Å². The molecule has 2 aliphatic rings. The summed E-state index contributed by atoms with van der Waals surface area (Å²) in [6.07, 6.45) is 1.06. The van der Waals surface area contributed by atoms with Gasteiger partial charge in [0.1, 0.15) is 5.75 Å². The van der Waals surface area contributed by atoms with Crippen LogP contribution in [0.1, 0.15) is 18.0 Å². The number of likely N-dealkylation sites (tertiary alicyclic amines) is 1. The van der Waals surface area contributed by atoms with Gasteiger partial charge in [-0.3, -0.25) is 0 Å². The molecule has 1 aromatic carbocycles. The van der Waals surface area contributed by atoms with Crippen molar-refractivity contribution < 1.29 is 5.11 Å². The van der Waals surface area contributed by atoms with E-state index in [1.165, 1.54) is 11.3 Å². The summed E-state index contributed by atoms with van der Waals surface area (Å²) >= 11 is 0. The number of phenolic OH excluding ortho intramolecular Hbond substituents is 1. The molecular formula is C13H17N3O. The van der Waals surface area contributed by atoms with Gasteiger partial charge in [0.15, 0.2) is 0 Å². The third-order valence-electron chi connectivity index (χ3n) is 3.69. The van der Waals surface area contributed by atoms with Crippen molar-refractivity contribution in [2.45, 2.75) is 12.5 Å². The molecule has 4 nitrogen and oxygen atoms in total. The molecule has 0 saturated carbocycles. The van der Waals surface area contributed by atoms with Crippen LogP contribution in [0.3, 0.4) is 0 Å². The van der Waals surface area contributed by atoms with Crippen LogP contribution >= 0.6 is 0 Å². The van der Waals surface area contributed by atoms with E-state index < -0.39 is 0 Å². The van der Waals surface area contributed by atoms with Gasteiger partial charge in [-0.1, -0.05) is 12.1 Å². The molecule has 4 heteroatoms. The molecule has 0 aliphatic carbocycles. The van der Waals surface area contributed by atoms with Crippen molar-refractivity contribution in [2.24, 2.45) is 11.0 Å². The van der Waals surface area contributed by atoms with Crippen LogP contribution < -0.4 is 5.43 Å². The molecule has 17 heavy (non-hydrogen) atoms. The Morgan fingerprint density at radius 1 is 1.35 bits per heavy atom. The van der Waals surface area contributed by atoms with Crippen LogP contribution in [0.4, 0.5) is 0 Å². The summed E-state index contributed by atoms with van der Waals surface area (Å²) in [6.45, 7) is 2.15. The van der Waals surface area contributed by atoms with Gasteiger partial charge in [0.2, 0.25) is 0 Å². The summed E-state index contributed by atoms with van der Waals surface area (Å²) < 4.78 is 0. The Balaban J connectivity index is 1.83. The lowest BCUT2D eigenvalue weighted by Crippen LogP contribution is -2.39. The van der Waals surface area contributed by atoms with Gasteiger partial charge in [0, 0.05) is 31.1 Å². The van der Waals surface area contributed by atoms with Crippen LogP contribution in [0.15, 0.2) is 29.4 Å². The number of hydrogen-bond acceptors (Lipinski definition) is 4. The van der Waals surface area contributed by atoms with Crippen molar-refractivity contribution in [1.29, 1.82) is 0 Å². The molecule has 2 heterocycles. The lowest BCUT2D eigenvalue weighted by molar-refractivity contribution is 0.272. The first-order chi connectivity index (χ1) is 8.24. The lowest BCUT2D eigenvalue weighted by Gasteiger charge is -2.30. The average molecular weight is 231 g/mol. The van der Waals surface area contributed by atoms with Gasteiger partial charge in [-0.05, 0) is 24.7 Å². The van der Waals surface area contributed by atoms with E-state index in [9.17, 15) is 5.11 Å². The van der Waals surface area contributed by atoms with E-state index >= 15 is 0 Å². The van der Waals surface area contributed by atoms with E-state index in [-0.39, 0.29) is 6.04 Å². The number of nitrogens with one attached hydrogen (secondary N) is 1. The SMILES string of the molecule is CN1CCC2=NNC(c3ccc(O)cc3)C2C1. The van der Waals surface area contributed by atoms with Crippen molar-refractivity contribution in [1.82, 2.24) is 10.3 Å². The maximum atomic E-state index is 9.32. The molecule has 1 fully saturated rings. The Morgan fingerprint density at radius 3 is 2.88 bits per heavy atom. The summed E-state index contributed by atoms with van der Waals surface area (Å²) in [7, 11) is 2.16. The number of hydrogen-bond donors (Lipinski definition) is 2. The summed E-state index contributed by atoms with van der Waals surface area (Å²) in [5.41, 5.74) is 5.72. The molecule has 2 N–H and O–H groups in total. The second kappa shape index (κ2) is 4.04. The third-order valence-corrected chi connectivity index (χ3v) is 3.69. The highest BCUT2D eigenvalue weighted by Gasteiger charge is 2.35. The summed E-state index contributed by atoms with van der Waals surface area (Å²) in [6, 6.07) is 7.68. The Hall–Kier alpha value is -1.55. The molecule has 0 radical (unpaired) electrons. The molecule has 1 saturated heterocycles. The number of benzene rings is 1. The van der Waals surface area contributed by atoms with Gasteiger partial charge in [-0.15, -0.1) is 0 Å². The first-order valence-electron chi connectivity index (χ1n) is 6.03. The monoisotopic (exact) mass is 231 g/mol. The van der Waals surface area contributed by atoms with E-state index in [0.29, 0.717) is 11.7 Å². The fourth-order valence-electron chi connectivity index (χ4n) is 2.69. The second-order valence-electron chi connectivity index (χ2n) is 4.92. The quantitative estimate of drug-likeness (QED) is 0.767. The number of aromatic hydroxyl groups is 1. The van der Waals surface area contributed by atoms with Crippen molar-refractivity contribution in [3.63, 3.8) is 0 Å². The molecule has 0 amide bonds. The minimum Gasteiger partial charge on any atom is -0.508 e. The molecule has 0 bridgehead atoms. The Kier molecular flexibility index (Phi) is 2.52. The van der Waals surface area contributed by atoms with Crippen LogP contribution in [0, 0.1) is 5.92 Å². The smallest absolute Gasteiger partial charge is 0.115 e. The average Bonchev–Trinajstić information content (AvgIpc) is 2.73. The van der Waals surface area contributed by atoms with Crippen molar-refractivity contribution in [3.8, 4) is 5.75 Å². The first-order valence-corrected chi connectivity index (χ1v) is 6.03. The molecule has 90 valence electrons. The summed E-state index contributed by atoms with van der Waals surface area (Å²) in [4.78, 5) is 2.35. The molecule has 3 rings (SSSR count). The maximum absolute atomic E-state index is 9.32. The Bertz CT molecular complexity index is 440. The Morgan fingerprint density at radius 2 is 2.12 bits per heavy atom. The normalized spacial score (nSPS) is 28.4. The molecule has 0 spiro atoms. The molecular weight excluding hydrogens is 214 g/mol. The van der Waals surface area contributed by atoms with Crippen LogP contribution in [0.5, 0.6) is 5.75 Å². The van der Waals surface area contributed by atoms with Crippen molar-refractivity contribution >= 4 is 5.71 Å². The second-order valence-corrected chi connectivity index (χ2v) is 4.92. The third kappa shape index (κ3) is 1.89. The van der Waals surface area contributed by atoms with E-state index in [1.54, 1.807) is 12.1 Å². The zero-order valence-electron chi connectivity index (χ0n) is 9.93. The first kappa shape index (κ1) is 10.6. The van der Waals surface area contributed by atoms with Gasteiger partial charge in [0.25, 0.3) is 0 Å². The molecule has 2 unspecified atom stereocenters. The van der Waals surface area contributed by atoms with E-state index in [1.807, 2.05) is 12.1 Å². The van der Waals surface area contributed by atoms with Gasteiger partial charge < -0.3 is 15.4 Å². The highest BCUT2D eigenvalue weighted by molar-refractivity contribution is 5.89. The number of piperidine rings is 1. The van der Waals surface area contributed by atoms with Crippen LogP contribution in [-0.2, 0) is 0 Å². The number of nitrogens with zero attached hydrogens (tertiary/aromatic N) is 2. The topological polar surface area (TPSA) is 47.9 Å². The number of rotatable bonds is 1. The fraction of sp³-hybridized carbons (Fsp3) is 0.462. The fourth-order valence-corrected chi connectivity index (χ4v) is 2.69. The van der Waals surface area contributed by atoms with Crippen molar-refractivity contribution in [3.05, 3.63) is 29.8 Å². The van der Waals surface area contributed by atoms with Crippen LogP contribution in [0.25, 0.3) is 0 Å². The van der Waals surface area contributed by atoms with Gasteiger partial charge in [-0.2, -0.15) is 5.10 Å². The number of hydrazone groups is 1. The van der Waals surface area contributed by atoms with E-state index in [2.05, 4.69) is 22.5 Å². The molecule has 2 atom stereocenters. The lowest BCUT2D eigenvalue weighted by atomic mass is 9.86. The van der Waals surface area contributed by atoms with Gasteiger partial charge in [-0.25, -0.2) is 0 Å². The van der Waals surface area contributed by atoms with Crippen LogP contribution in [-0.4, -0.2) is 35.9 Å². The molecule has 1 aromatic rings. The van der Waals surface area contributed by atoms with Gasteiger partial charge >= 0.3 is 0 Å². The summed E-state index contributed by atoms with van der Waals surface area (Å²) in [5, 5.41) is 13.8. The largest absolute Gasteiger partial charge is 0.508 e. The summed E-state index contributed by atoms with van der Waals surface area (Å²) in [5.74, 6) is 0.784. The van der Waals surface area contributed by atoms with Gasteiger partial charge in [0.05, 0.1) is 6.04 Å². The Labute approximate surface area is 101 Å². The zero-order chi connectivity index (χ0) is 11.8. The number of fused-ring (bicyclic) bond motifs is 1. The predicted octanol–water partition coefficient (Wildman–Crippen LogP) is 1.34. The maximum Gasteiger partial charge on any atom is 0.115 e. The standard InChI is InChI=1S/C13H17N3O/c1-16-7-6-12-11(8-16)13(15-14-12)9-2-4-10(17)5-3-9/h2-5,11,13,15,17H,6-8H2,1H3. The number of phenols is 1. The molecule has 2 aliphatic heterocycles. The van der Waals surface area contributed by atoms with Crippen LogP contribution in [0.2, 0.25) is 0 Å². The highest BCUT2D eigenvalue weighted by Crippen LogP contribution is 2.32. The van der Waals surface area contributed by atoms with Crippen molar-refractivity contribution in [2.75, 3.05) is 20.1 Å². The highest BCUT2D eigenvalue weighted by atomic mass is 16.3. The van der Waals surface area contributed by atoms with E-state index in [4.69, 9.17) is 0 Å². The minimum absolute atomic E-state index is 0.258. The zero-order valence-corrected chi connectivity index (χ0v) is 9.93. The predicted molar refractivity (Wildman–Crippen MR) is 67.0 cm³/mol.